The molecule has 6 nitrogen and oxygen atoms in total. The number of aromatic nitrogens is 2. The van der Waals surface area contributed by atoms with Gasteiger partial charge in [-0.05, 0) is 19.3 Å². The third kappa shape index (κ3) is 6.50. The predicted octanol–water partition coefficient (Wildman–Crippen LogP) is 3.96. The third-order valence-electron chi connectivity index (χ3n) is 4.24. The molecule has 26 heavy (non-hydrogen) atoms. The number of aliphatic imine (C=N–C) groups is 1. The summed E-state index contributed by atoms with van der Waals surface area (Å²) < 4.78 is 5.38. The van der Waals surface area contributed by atoms with Crippen LogP contribution >= 0.6 is 0 Å². The van der Waals surface area contributed by atoms with Crippen LogP contribution in [0.15, 0.2) is 39.8 Å². The highest BCUT2D eigenvalue weighted by Gasteiger charge is 2.15. The van der Waals surface area contributed by atoms with Crippen molar-refractivity contribution in [3.63, 3.8) is 0 Å². The van der Waals surface area contributed by atoms with Crippen LogP contribution in [0.2, 0.25) is 0 Å². The highest BCUT2D eigenvalue weighted by atomic mass is 16.5. The Morgan fingerprint density at radius 1 is 1.15 bits per heavy atom. The Kier molecular flexibility index (Phi) is 7.63. The van der Waals surface area contributed by atoms with Crippen LogP contribution in [0.5, 0.6) is 0 Å². The minimum absolute atomic E-state index is 0.0107. The first-order valence-corrected chi connectivity index (χ1v) is 9.41. The van der Waals surface area contributed by atoms with Gasteiger partial charge in [-0.15, -0.1) is 0 Å². The summed E-state index contributed by atoms with van der Waals surface area (Å²) in [5, 5.41) is 7.30. The number of rotatable bonds is 9. The summed E-state index contributed by atoms with van der Waals surface area (Å²) in [5.74, 6) is 2.39. The van der Waals surface area contributed by atoms with Gasteiger partial charge >= 0.3 is 0 Å². The first-order chi connectivity index (χ1) is 12.5. The summed E-state index contributed by atoms with van der Waals surface area (Å²) in [6, 6.07) is 10.1. The summed E-state index contributed by atoms with van der Waals surface area (Å²) >= 11 is 0. The molecule has 0 aliphatic heterocycles. The van der Waals surface area contributed by atoms with E-state index < -0.39 is 0 Å². The van der Waals surface area contributed by atoms with E-state index >= 15 is 0 Å². The fraction of sp³-hybridized carbons (Fsp3) is 0.550. The quantitative estimate of drug-likeness (QED) is 0.524. The molecule has 6 heteroatoms. The Bertz CT molecular complexity index is 681. The van der Waals surface area contributed by atoms with Crippen molar-refractivity contribution >= 4 is 5.96 Å². The average Bonchev–Trinajstić information content (AvgIpc) is 3.10. The van der Waals surface area contributed by atoms with Crippen LogP contribution in [0, 0.1) is 5.92 Å². The average molecular weight is 358 g/mol. The SMILES string of the molecule is CC(C)CCCC(C)NC(N)=NCC(C)c1nc(-c2ccccc2)no1. The molecule has 0 saturated heterocycles. The maximum Gasteiger partial charge on any atom is 0.231 e. The van der Waals surface area contributed by atoms with E-state index in [0.717, 1.165) is 17.9 Å². The molecule has 2 aromatic rings. The van der Waals surface area contributed by atoms with Gasteiger partial charge in [0, 0.05) is 11.6 Å². The minimum Gasteiger partial charge on any atom is -0.370 e. The Hall–Kier alpha value is -2.37. The summed E-state index contributed by atoms with van der Waals surface area (Å²) in [6.07, 6.45) is 3.52. The van der Waals surface area contributed by atoms with Crippen LogP contribution in [-0.4, -0.2) is 28.7 Å². The molecule has 0 saturated carbocycles. The largest absolute Gasteiger partial charge is 0.370 e. The molecule has 3 N–H and O–H groups in total. The fourth-order valence-electron chi connectivity index (χ4n) is 2.66. The highest BCUT2D eigenvalue weighted by Crippen LogP contribution is 2.19. The van der Waals surface area contributed by atoms with E-state index in [1.165, 1.54) is 12.8 Å². The van der Waals surface area contributed by atoms with Crippen LogP contribution in [0.1, 0.15) is 58.8 Å². The predicted molar refractivity (Wildman–Crippen MR) is 106 cm³/mol. The van der Waals surface area contributed by atoms with Gasteiger partial charge in [-0.25, -0.2) is 0 Å². The number of hydrogen-bond donors (Lipinski definition) is 2. The molecule has 1 aromatic heterocycles. The van der Waals surface area contributed by atoms with Gasteiger partial charge in [-0.2, -0.15) is 4.98 Å². The van der Waals surface area contributed by atoms with Crippen molar-refractivity contribution in [3.8, 4) is 11.4 Å². The van der Waals surface area contributed by atoms with Gasteiger partial charge in [-0.3, -0.25) is 4.99 Å². The van der Waals surface area contributed by atoms with Gasteiger partial charge < -0.3 is 15.6 Å². The molecule has 2 rings (SSSR count). The summed E-state index contributed by atoms with van der Waals surface area (Å²) in [5.41, 5.74) is 6.94. The Labute approximate surface area is 156 Å². The second kappa shape index (κ2) is 9.94. The van der Waals surface area contributed by atoms with Gasteiger partial charge in [0.2, 0.25) is 11.7 Å². The van der Waals surface area contributed by atoms with E-state index in [9.17, 15) is 0 Å². The van der Waals surface area contributed by atoms with Crippen molar-refractivity contribution in [2.75, 3.05) is 6.54 Å². The van der Waals surface area contributed by atoms with Crippen LogP contribution in [0.25, 0.3) is 11.4 Å². The van der Waals surface area contributed by atoms with E-state index in [-0.39, 0.29) is 5.92 Å². The number of nitrogens with zero attached hydrogens (tertiary/aromatic N) is 3. The molecule has 0 spiro atoms. The van der Waals surface area contributed by atoms with Crippen molar-refractivity contribution in [2.45, 2.75) is 58.9 Å². The van der Waals surface area contributed by atoms with Crippen molar-refractivity contribution in [1.29, 1.82) is 0 Å². The molecule has 0 aliphatic carbocycles. The van der Waals surface area contributed by atoms with Crippen LogP contribution in [0.3, 0.4) is 0 Å². The van der Waals surface area contributed by atoms with Gasteiger partial charge in [0.15, 0.2) is 5.96 Å². The lowest BCUT2D eigenvalue weighted by Gasteiger charge is -2.15. The monoisotopic (exact) mass is 357 g/mol. The normalized spacial score (nSPS) is 14.4. The molecule has 0 fully saturated rings. The molecule has 0 bridgehead atoms. The van der Waals surface area contributed by atoms with E-state index in [0.29, 0.717) is 30.3 Å². The lowest BCUT2D eigenvalue weighted by atomic mass is 10.0. The number of nitrogens with two attached hydrogens (primary N) is 1. The molecule has 0 amide bonds. The fourth-order valence-corrected chi connectivity index (χ4v) is 2.66. The zero-order valence-corrected chi connectivity index (χ0v) is 16.3. The van der Waals surface area contributed by atoms with Gasteiger partial charge in [0.05, 0.1) is 12.5 Å². The van der Waals surface area contributed by atoms with Gasteiger partial charge in [-0.1, -0.05) is 69.1 Å². The first kappa shape index (κ1) is 19.9. The smallest absolute Gasteiger partial charge is 0.231 e. The highest BCUT2D eigenvalue weighted by molar-refractivity contribution is 5.78. The van der Waals surface area contributed by atoms with Crippen molar-refractivity contribution < 1.29 is 4.52 Å². The molecule has 0 radical (unpaired) electrons. The summed E-state index contributed by atoms with van der Waals surface area (Å²) in [7, 11) is 0. The molecule has 1 heterocycles. The van der Waals surface area contributed by atoms with E-state index in [1.807, 2.05) is 37.3 Å². The minimum atomic E-state index is 0.0107. The molecule has 1 aromatic carbocycles. The number of nitrogens with one attached hydrogen (secondary N) is 1. The van der Waals surface area contributed by atoms with Crippen LogP contribution in [0.4, 0.5) is 0 Å². The summed E-state index contributed by atoms with van der Waals surface area (Å²) in [4.78, 5) is 8.89. The first-order valence-electron chi connectivity index (χ1n) is 9.41. The molecule has 2 unspecified atom stereocenters. The Morgan fingerprint density at radius 2 is 1.88 bits per heavy atom. The van der Waals surface area contributed by atoms with Gasteiger partial charge in [0.1, 0.15) is 0 Å². The van der Waals surface area contributed by atoms with Crippen molar-refractivity contribution in [3.05, 3.63) is 36.2 Å². The zero-order chi connectivity index (χ0) is 18.9. The Balaban J connectivity index is 1.82. The second-order valence-corrected chi connectivity index (χ2v) is 7.32. The lowest BCUT2D eigenvalue weighted by Crippen LogP contribution is -2.38. The molecule has 0 aliphatic rings. The van der Waals surface area contributed by atoms with Crippen molar-refractivity contribution in [1.82, 2.24) is 15.5 Å². The van der Waals surface area contributed by atoms with Gasteiger partial charge in [0.25, 0.3) is 0 Å². The number of benzene rings is 1. The Morgan fingerprint density at radius 3 is 2.58 bits per heavy atom. The zero-order valence-electron chi connectivity index (χ0n) is 16.3. The third-order valence-corrected chi connectivity index (χ3v) is 4.24. The molecule has 2 atom stereocenters. The van der Waals surface area contributed by atoms with E-state index in [1.54, 1.807) is 0 Å². The molecule has 142 valence electrons. The standard InChI is InChI=1S/C20H31N5O/c1-14(2)9-8-10-16(4)23-20(21)22-13-15(3)19-24-18(25-26-19)17-11-6-5-7-12-17/h5-7,11-12,14-16H,8-10,13H2,1-4H3,(H3,21,22,23). The van der Waals surface area contributed by atoms with Crippen LogP contribution < -0.4 is 11.1 Å². The van der Waals surface area contributed by atoms with E-state index in [4.69, 9.17) is 10.3 Å². The maximum absolute atomic E-state index is 6.00. The summed E-state index contributed by atoms with van der Waals surface area (Å²) in [6.45, 7) is 9.14. The topological polar surface area (TPSA) is 89.3 Å². The van der Waals surface area contributed by atoms with E-state index in [2.05, 4.69) is 41.2 Å². The number of guanidine groups is 1. The maximum atomic E-state index is 6.00. The molecular formula is C20H31N5O. The lowest BCUT2D eigenvalue weighted by molar-refractivity contribution is 0.361. The van der Waals surface area contributed by atoms with Crippen LogP contribution in [-0.2, 0) is 0 Å². The molecular weight excluding hydrogens is 326 g/mol. The second-order valence-electron chi connectivity index (χ2n) is 7.32. The van der Waals surface area contributed by atoms with Crippen molar-refractivity contribution in [2.24, 2.45) is 16.6 Å². The number of hydrogen-bond acceptors (Lipinski definition) is 4.